The monoisotopic (exact) mass is 260 g/mol. The van der Waals surface area contributed by atoms with Crippen molar-refractivity contribution in [3.8, 4) is 0 Å². The highest BCUT2D eigenvalue weighted by Crippen LogP contribution is 2.14. The number of halogens is 2. The molecular formula is C11H14BrCl. The zero-order valence-corrected chi connectivity index (χ0v) is 10.2. The molecule has 0 heterocycles. The summed E-state index contributed by atoms with van der Waals surface area (Å²) in [6, 6.07) is 6.48. The van der Waals surface area contributed by atoms with Crippen LogP contribution in [0.4, 0.5) is 0 Å². The molecule has 0 spiro atoms. The third-order valence-corrected chi connectivity index (χ3v) is 3.01. The summed E-state index contributed by atoms with van der Waals surface area (Å²) in [7, 11) is 0. The molecule has 0 nitrogen and oxygen atoms in total. The van der Waals surface area contributed by atoms with Gasteiger partial charge in [-0.15, -0.1) is 11.6 Å². The number of alkyl halides is 2. The van der Waals surface area contributed by atoms with Crippen LogP contribution in [-0.2, 0) is 12.3 Å². The zero-order valence-electron chi connectivity index (χ0n) is 7.82. The summed E-state index contributed by atoms with van der Waals surface area (Å²) in [4.78, 5) is 0. The van der Waals surface area contributed by atoms with E-state index < -0.39 is 0 Å². The third kappa shape index (κ3) is 3.32. The first-order chi connectivity index (χ1) is 6.27. The predicted octanol–water partition coefficient (Wildman–Crippen LogP) is 4.06. The molecule has 1 aromatic rings. The minimum Gasteiger partial charge on any atom is -0.122 e. The standard InChI is InChI=1S/C11H14BrCl/c1-9-7-10(8-13)4-5-11(9)3-2-6-12/h4-5,7H,2-3,6,8H2,1H3. The molecule has 0 aliphatic heterocycles. The van der Waals surface area contributed by atoms with Gasteiger partial charge in [0.05, 0.1) is 0 Å². The SMILES string of the molecule is Cc1cc(CCl)ccc1CCCBr. The largest absolute Gasteiger partial charge is 0.122 e. The van der Waals surface area contributed by atoms with Gasteiger partial charge >= 0.3 is 0 Å². The summed E-state index contributed by atoms with van der Waals surface area (Å²) >= 11 is 9.19. The fourth-order valence-electron chi connectivity index (χ4n) is 1.38. The molecule has 1 aromatic carbocycles. The predicted molar refractivity (Wildman–Crippen MR) is 62.9 cm³/mol. The van der Waals surface area contributed by atoms with Crippen LogP contribution < -0.4 is 0 Å². The Hall–Kier alpha value is -0.0100. The fraction of sp³-hybridized carbons (Fsp3) is 0.455. The molecule has 0 aromatic heterocycles. The molecule has 0 fully saturated rings. The summed E-state index contributed by atoms with van der Waals surface area (Å²) in [5, 5.41) is 1.07. The van der Waals surface area contributed by atoms with Crippen LogP contribution in [-0.4, -0.2) is 5.33 Å². The molecule has 0 saturated carbocycles. The van der Waals surface area contributed by atoms with Gasteiger partial charge in [-0.05, 0) is 36.5 Å². The lowest BCUT2D eigenvalue weighted by atomic mass is 10.0. The fourth-order valence-corrected chi connectivity index (χ4v) is 1.83. The van der Waals surface area contributed by atoms with Gasteiger partial charge in [-0.1, -0.05) is 34.1 Å². The average Bonchev–Trinajstić information content (AvgIpc) is 2.16. The lowest BCUT2D eigenvalue weighted by Crippen LogP contribution is -1.91. The van der Waals surface area contributed by atoms with E-state index in [0.717, 1.165) is 11.8 Å². The Bertz CT molecular complexity index is 271. The van der Waals surface area contributed by atoms with E-state index in [9.17, 15) is 0 Å². The molecule has 0 radical (unpaired) electrons. The van der Waals surface area contributed by atoms with Crippen molar-refractivity contribution in [3.05, 3.63) is 34.9 Å². The van der Waals surface area contributed by atoms with E-state index in [0.29, 0.717) is 5.88 Å². The molecule has 0 bridgehead atoms. The summed E-state index contributed by atoms with van der Waals surface area (Å²) in [6.45, 7) is 2.15. The first-order valence-electron chi connectivity index (χ1n) is 4.48. The van der Waals surface area contributed by atoms with E-state index in [1.54, 1.807) is 0 Å². The maximum Gasteiger partial charge on any atom is 0.0474 e. The van der Waals surface area contributed by atoms with Crippen LogP contribution in [0.1, 0.15) is 23.1 Å². The lowest BCUT2D eigenvalue weighted by Gasteiger charge is -2.05. The van der Waals surface area contributed by atoms with Crippen molar-refractivity contribution in [2.24, 2.45) is 0 Å². The third-order valence-electron chi connectivity index (χ3n) is 2.14. The van der Waals surface area contributed by atoms with Gasteiger partial charge in [0.2, 0.25) is 0 Å². The topological polar surface area (TPSA) is 0 Å². The van der Waals surface area contributed by atoms with Crippen molar-refractivity contribution in [1.82, 2.24) is 0 Å². The normalized spacial score (nSPS) is 10.4. The van der Waals surface area contributed by atoms with Crippen LogP contribution in [0.2, 0.25) is 0 Å². The maximum atomic E-state index is 5.75. The van der Waals surface area contributed by atoms with Crippen molar-refractivity contribution in [3.63, 3.8) is 0 Å². The van der Waals surface area contributed by atoms with Crippen LogP contribution in [0.5, 0.6) is 0 Å². The van der Waals surface area contributed by atoms with Crippen molar-refractivity contribution in [1.29, 1.82) is 0 Å². The van der Waals surface area contributed by atoms with Crippen LogP contribution in [0, 0.1) is 6.92 Å². The molecular weight excluding hydrogens is 247 g/mol. The Kier molecular flexibility index (Phi) is 4.82. The van der Waals surface area contributed by atoms with Crippen molar-refractivity contribution >= 4 is 27.5 Å². The summed E-state index contributed by atoms with van der Waals surface area (Å²) < 4.78 is 0. The average molecular weight is 262 g/mol. The number of hydrogen-bond donors (Lipinski definition) is 0. The van der Waals surface area contributed by atoms with Crippen molar-refractivity contribution in [2.45, 2.75) is 25.6 Å². The van der Waals surface area contributed by atoms with Gasteiger partial charge in [0.25, 0.3) is 0 Å². The summed E-state index contributed by atoms with van der Waals surface area (Å²) in [5.74, 6) is 0.611. The number of aryl methyl sites for hydroxylation is 2. The molecule has 72 valence electrons. The van der Waals surface area contributed by atoms with E-state index >= 15 is 0 Å². The Morgan fingerprint density at radius 3 is 2.69 bits per heavy atom. The highest BCUT2D eigenvalue weighted by Gasteiger charge is 1.98. The number of benzene rings is 1. The quantitative estimate of drug-likeness (QED) is 0.717. The highest BCUT2D eigenvalue weighted by molar-refractivity contribution is 9.09. The van der Waals surface area contributed by atoms with Gasteiger partial charge in [-0.25, -0.2) is 0 Å². The highest BCUT2D eigenvalue weighted by atomic mass is 79.9. The van der Waals surface area contributed by atoms with Crippen molar-refractivity contribution in [2.75, 3.05) is 5.33 Å². The van der Waals surface area contributed by atoms with Gasteiger partial charge in [-0.2, -0.15) is 0 Å². The van der Waals surface area contributed by atoms with Crippen LogP contribution in [0.25, 0.3) is 0 Å². The second-order valence-corrected chi connectivity index (χ2v) is 4.25. The van der Waals surface area contributed by atoms with Crippen LogP contribution in [0.15, 0.2) is 18.2 Å². The minimum atomic E-state index is 0.611. The van der Waals surface area contributed by atoms with Gasteiger partial charge in [0.1, 0.15) is 0 Å². The Morgan fingerprint density at radius 1 is 1.38 bits per heavy atom. The van der Waals surface area contributed by atoms with Gasteiger partial charge in [-0.3, -0.25) is 0 Å². The molecule has 0 N–H and O–H groups in total. The molecule has 0 aliphatic carbocycles. The van der Waals surface area contributed by atoms with E-state index in [1.807, 2.05) is 0 Å². The van der Waals surface area contributed by atoms with Crippen LogP contribution >= 0.6 is 27.5 Å². The second-order valence-electron chi connectivity index (χ2n) is 3.19. The molecule has 13 heavy (non-hydrogen) atoms. The van der Waals surface area contributed by atoms with Crippen molar-refractivity contribution < 1.29 is 0 Å². The maximum absolute atomic E-state index is 5.75. The Morgan fingerprint density at radius 2 is 2.15 bits per heavy atom. The molecule has 0 atom stereocenters. The van der Waals surface area contributed by atoms with E-state index in [-0.39, 0.29) is 0 Å². The molecule has 1 rings (SSSR count). The second kappa shape index (κ2) is 5.66. The number of hydrogen-bond acceptors (Lipinski definition) is 0. The Labute approximate surface area is 93.4 Å². The van der Waals surface area contributed by atoms with Gasteiger partial charge in [0.15, 0.2) is 0 Å². The lowest BCUT2D eigenvalue weighted by molar-refractivity contribution is 0.928. The smallest absolute Gasteiger partial charge is 0.0474 e. The van der Waals surface area contributed by atoms with Crippen LogP contribution in [0.3, 0.4) is 0 Å². The van der Waals surface area contributed by atoms with Gasteiger partial charge in [0, 0.05) is 11.2 Å². The first kappa shape index (κ1) is 11.1. The van der Waals surface area contributed by atoms with E-state index in [1.165, 1.54) is 23.1 Å². The molecule has 0 aliphatic rings. The molecule has 0 saturated heterocycles. The van der Waals surface area contributed by atoms with E-state index in [4.69, 9.17) is 11.6 Å². The first-order valence-corrected chi connectivity index (χ1v) is 6.14. The molecule has 0 amide bonds. The minimum absolute atomic E-state index is 0.611. The number of rotatable bonds is 4. The van der Waals surface area contributed by atoms with Gasteiger partial charge < -0.3 is 0 Å². The molecule has 2 heteroatoms. The molecule has 0 unspecified atom stereocenters. The van der Waals surface area contributed by atoms with E-state index in [2.05, 4.69) is 41.1 Å². The summed E-state index contributed by atoms with van der Waals surface area (Å²) in [5.41, 5.74) is 4.01. The Balaban J connectivity index is 2.73. The summed E-state index contributed by atoms with van der Waals surface area (Å²) in [6.07, 6.45) is 2.35. The zero-order chi connectivity index (χ0) is 9.68.